The summed E-state index contributed by atoms with van der Waals surface area (Å²) < 4.78 is 5.07. The summed E-state index contributed by atoms with van der Waals surface area (Å²) >= 11 is 0. The van der Waals surface area contributed by atoms with Crippen LogP contribution in [0.1, 0.15) is 31.4 Å². The standard InChI is InChI=1S/C15H18N4O2/c20-15(19-12-3-1-2-4-12)18-9-13-14(17-7-6-16-13)11-5-8-21-10-11/h5-8,10,12H,1-4,9H2,(H2,18,19,20). The molecule has 0 aliphatic heterocycles. The van der Waals surface area contributed by atoms with Crippen molar-refractivity contribution in [2.24, 2.45) is 0 Å². The van der Waals surface area contributed by atoms with E-state index >= 15 is 0 Å². The molecule has 0 radical (unpaired) electrons. The van der Waals surface area contributed by atoms with Crippen molar-refractivity contribution in [3.05, 3.63) is 36.7 Å². The maximum Gasteiger partial charge on any atom is 0.315 e. The Morgan fingerprint density at radius 3 is 2.86 bits per heavy atom. The zero-order chi connectivity index (χ0) is 14.5. The molecule has 3 rings (SSSR count). The third kappa shape index (κ3) is 3.39. The highest BCUT2D eigenvalue weighted by Crippen LogP contribution is 2.20. The zero-order valence-corrected chi connectivity index (χ0v) is 11.7. The van der Waals surface area contributed by atoms with Crippen LogP contribution in [0.15, 0.2) is 35.4 Å². The smallest absolute Gasteiger partial charge is 0.315 e. The van der Waals surface area contributed by atoms with E-state index in [1.54, 1.807) is 24.9 Å². The van der Waals surface area contributed by atoms with Crippen molar-refractivity contribution >= 4 is 6.03 Å². The van der Waals surface area contributed by atoms with Gasteiger partial charge in [-0.05, 0) is 18.9 Å². The number of hydrogen-bond acceptors (Lipinski definition) is 4. The van der Waals surface area contributed by atoms with Crippen LogP contribution in [-0.4, -0.2) is 22.0 Å². The van der Waals surface area contributed by atoms with Crippen LogP contribution in [0.3, 0.4) is 0 Å². The summed E-state index contributed by atoms with van der Waals surface area (Å²) in [5.74, 6) is 0. The molecule has 2 aromatic rings. The second-order valence-corrected chi connectivity index (χ2v) is 5.17. The Labute approximate surface area is 123 Å². The van der Waals surface area contributed by atoms with Crippen molar-refractivity contribution in [1.29, 1.82) is 0 Å². The van der Waals surface area contributed by atoms with Crippen molar-refractivity contribution in [1.82, 2.24) is 20.6 Å². The van der Waals surface area contributed by atoms with Crippen LogP contribution >= 0.6 is 0 Å². The fraction of sp³-hybridized carbons (Fsp3) is 0.400. The molecule has 6 heteroatoms. The quantitative estimate of drug-likeness (QED) is 0.905. The molecule has 2 aromatic heterocycles. The number of nitrogens with zero attached hydrogens (tertiary/aromatic N) is 2. The second-order valence-electron chi connectivity index (χ2n) is 5.17. The Morgan fingerprint density at radius 1 is 1.29 bits per heavy atom. The van der Waals surface area contributed by atoms with Crippen molar-refractivity contribution in [3.8, 4) is 11.3 Å². The molecule has 110 valence electrons. The molecule has 1 saturated carbocycles. The van der Waals surface area contributed by atoms with Gasteiger partial charge in [0, 0.05) is 24.0 Å². The van der Waals surface area contributed by atoms with Crippen LogP contribution in [0.5, 0.6) is 0 Å². The highest BCUT2D eigenvalue weighted by molar-refractivity contribution is 5.74. The lowest BCUT2D eigenvalue weighted by Crippen LogP contribution is -2.40. The highest BCUT2D eigenvalue weighted by atomic mass is 16.3. The van der Waals surface area contributed by atoms with Gasteiger partial charge >= 0.3 is 6.03 Å². The minimum atomic E-state index is -0.148. The number of urea groups is 1. The first kappa shape index (κ1) is 13.6. The van der Waals surface area contributed by atoms with E-state index in [2.05, 4.69) is 20.6 Å². The van der Waals surface area contributed by atoms with Gasteiger partial charge < -0.3 is 15.1 Å². The summed E-state index contributed by atoms with van der Waals surface area (Å²) in [6.45, 7) is 0.340. The summed E-state index contributed by atoms with van der Waals surface area (Å²) in [4.78, 5) is 20.5. The van der Waals surface area contributed by atoms with E-state index in [9.17, 15) is 4.79 Å². The van der Waals surface area contributed by atoms with Gasteiger partial charge in [0.2, 0.25) is 0 Å². The Balaban J connectivity index is 1.61. The summed E-state index contributed by atoms with van der Waals surface area (Å²) in [5, 5.41) is 5.83. The first-order chi connectivity index (χ1) is 10.3. The van der Waals surface area contributed by atoms with Gasteiger partial charge in [0.15, 0.2) is 0 Å². The largest absolute Gasteiger partial charge is 0.472 e. The van der Waals surface area contributed by atoms with Crippen LogP contribution in [0, 0.1) is 0 Å². The Morgan fingerprint density at radius 2 is 2.10 bits per heavy atom. The number of nitrogens with one attached hydrogen (secondary N) is 2. The van der Waals surface area contributed by atoms with Gasteiger partial charge in [-0.2, -0.15) is 0 Å². The molecule has 0 saturated heterocycles. The second kappa shape index (κ2) is 6.39. The van der Waals surface area contributed by atoms with Crippen LogP contribution in [-0.2, 0) is 6.54 Å². The van der Waals surface area contributed by atoms with E-state index in [0.29, 0.717) is 12.6 Å². The predicted octanol–water partition coefficient (Wildman–Crippen LogP) is 2.48. The van der Waals surface area contributed by atoms with Crippen LogP contribution in [0.25, 0.3) is 11.3 Å². The van der Waals surface area contributed by atoms with E-state index in [0.717, 1.165) is 29.8 Å². The van der Waals surface area contributed by atoms with Crippen LogP contribution < -0.4 is 10.6 Å². The normalized spacial score (nSPS) is 15.0. The molecular weight excluding hydrogens is 268 g/mol. The van der Waals surface area contributed by atoms with E-state index < -0.39 is 0 Å². The van der Waals surface area contributed by atoms with Crippen molar-refractivity contribution < 1.29 is 9.21 Å². The molecular formula is C15H18N4O2. The first-order valence-electron chi connectivity index (χ1n) is 7.20. The maximum atomic E-state index is 11.9. The predicted molar refractivity (Wildman–Crippen MR) is 77.4 cm³/mol. The van der Waals surface area contributed by atoms with Gasteiger partial charge in [-0.25, -0.2) is 4.79 Å². The highest BCUT2D eigenvalue weighted by Gasteiger charge is 2.17. The molecule has 0 aromatic carbocycles. The maximum absolute atomic E-state index is 11.9. The molecule has 0 unspecified atom stereocenters. The third-order valence-corrected chi connectivity index (χ3v) is 3.68. The van der Waals surface area contributed by atoms with Gasteiger partial charge in [0.05, 0.1) is 30.5 Å². The zero-order valence-electron chi connectivity index (χ0n) is 11.7. The first-order valence-corrected chi connectivity index (χ1v) is 7.20. The number of hydrogen-bond donors (Lipinski definition) is 2. The molecule has 2 heterocycles. The average Bonchev–Trinajstić information content (AvgIpc) is 3.18. The van der Waals surface area contributed by atoms with Gasteiger partial charge in [0.25, 0.3) is 0 Å². The van der Waals surface area contributed by atoms with E-state index in [1.807, 2.05) is 6.07 Å². The monoisotopic (exact) mass is 286 g/mol. The summed E-state index contributed by atoms with van der Waals surface area (Å²) in [7, 11) is 0. The SMILES string of the molecule is O=C(NCc1nccnc1-c1ccoc1)NC1CCCC1. The van der Waals surface area contributed by atoms with E-state index in [1.165, 1.54) is 12.8 Å². The van der Waals surface area contributed by atoms with Crippen molar-refractivity contribution in [3.63, 3.8) is 0 Å². The summed E-state index contributed by atoms with van der Waals surface area (Å²) in [5.41, 5.74) is 2.31. The molecule has 0 atom stereocenters. The molecule has 0 bridgehead atoms. The van der Waals surface area contributed by atoms with Gasteiger partial charge in [-0.1, -0.05) is 12.8 Å². The molecule has 2 N–H and O–H groups in total. The minimum absolute atomic E-state index is 0.148. The van der Waals surface area contributed by atoms with Gasteiger partial charge in [0.1, 0.15) is 0 Å². The summed E-state index contributed by atoms with van der Waals surface area (Å²) in [6, 6.07) is 1.98. The number of aromatic nitrogens is 2. The molecule has 0 spiro atoms. The van der Waals surface area contributed by atoms with Crippen LogP contribution in [0.2, 0.25) is 0 Å². The fourth-order valence-corrected chi connectivity index (χ4v) is 2.61. The molecule has 1 fully saturated rings. The van der Waals surface area contributed by atoms with Crippen LogP contribution in [0.4, 0.5) is 4.79 Å². The lowest BCUT2D eigenvalue weighted by atomic mass is 10.2. The number of amides is 2. The topological polar surface area (TPSA) is 80.1 Å². The number of rotatable bonds is 4. The molecule has 2 amide bonds. The number of furan rings is 1. The number of carbonyl (C=O) groups excluding carboxylic acids is 1. The Bertz CT molecular complexity index is 591. The van der Waals surface area contributed by atoms with E-state index in [-0.39, 0.29) is 6.03 Å². The molecule has 6 nitrogen and oxygen atoms in total. The molecule has 21 heavy (non-hydrogen) atoms. The Kier molecular flexibility index (Phi) is 4.14. The Hall–Kier alpha value is -2.37. The third-order valence-electron chi connectivity index (χ3n) is 3.68. The van der Waals surface area contributed by atoms with Gasteiger partial charge in [-0.3, -0.25) is 9.97 Å². The lowest BCUT2D eigenvalue weighted by molar-refractivity contribution is 0.236. The van der Waals surface area contributed by atoms with Crippen molar-refractivity contribution in [2.75, 3.05) is 0 Å². The van der Waals surface area contributed by atoms with Crippen molar-refractivity contribution in [2.45, 2.75) is 38.3 Å². The number of carbonyl (C=O) groups is 1. The lowest BCUT2D eigenvalue weighted by Gasteiger charge is -2.13. The molecule has 1 aliphatic rings. The average molecular weight is 286 g/mol. The minimum Gasteiger partial charge on any atom is -0.472 e. The molecule has 1 aliphatic carbocycles. The van der Waals surface area contributed by atoms with E-state index in [4.69, 9.17) is 4.42 Å². The van der Waals surface area contributed by atoms with Gasteiger partial charge in [-0.15, -0.1) is 0 Å². The fourth-order valence-electron chi connectivity index (χ4n) is 2.61. The summed E-state index contributed by atoms with van der Waals surface area (Å²) in [6.07, 6.45) is 11.0.